The van der Waals surface area contributed by atoms with Crippen molar-refractivity contribution in [3.8, 4) is 0 Å². The van der Waals surface area contributed by atoms with Crippen molar-refractivity contribution < 1.29 is 22.1 Å². The minimum atomic E-state index is -4.64. The van der Waals surface area contributed by atoms with Gasteiger partial charge in [-0.15, -0.1) is 0 Å². The van der Waals surface area contributed by atoms with E-state index in [0.29, 0.717) is 0 Å². The number of hydrogen-bond acceptors (Lipinski definition) is 1. The molecule has 0 heterocycles. The Balaban J connectivity index is -0.0000000133. The predicted octanol–water partition coefficient (Wildman–Crippen LogP) is -2.00. The van der Waals surface area contributed by atoms with E-state index in [1.807, 2.05) is 0 Å². The van der Waals surface area contributed by atoms with E-state index < -0.39 is 7.82 Å². The first-order valence-corrected chi connectivity index (χ1v) is 2.35. The Kier molecular flexibility index (Phi) is 12.5. The molecule has 0 aliphatic rings. The molecule has 4 nitrogen and oxygen atoms in total. The number of rotatable bonds is 0. The molecule has 3 N–H and O–H groups in total. The maximum atomic E-state index is 8.88. The molecule has 0 aromatic rings. The molecule has 44 valence electrons. The second-order valence-corrected chi connectivity index (χ2v) is 1.54. The summed E-state index contributed by atoms with van der Waals surface area (Å²) >= 11 is 0. The third-order valence-corrected chi connectivity index (χ3v) is 0. The Morgan fingerprint density at radius 1 is 1.29 bits per heavy atom. The van der Waals surface area contributed by atoms with Crippen LogP contribution in [-0.4, -0.2) is 54.8 Å². The van der Waals surface area contributed by atoms with Crippen LogP contribution < -0.4 is 0 Å². The summed E-state index contributed by atoms with van der Waals surface area (Å²) in [5, 5.41) is 0. The van der Waals surface area contributed by atoms with Gasteiger partial charge >= 0.3 is 47.9 Å². The second kappa shape index (κ2) is 5.53. The average Bonchev–Trinajstić information content (AvgIpc) is 0.722. The zero-order chi connectivity index (χ0) is 4.50. The molecule has 0 radical (unpaired) electrons. The second-order valence-electron chi connectivity index (χ2n) is 0.513. The van der Waals surface area contributed by atoms with E-state index in [1.165, 1.54) is 0 Å². The van der Waals surface area contributed by atoms with Crippen molar-refractivity contribution in [2.75, 3.05) is 0 Å². The summed E-state index contributed by atoms with van der Waals surface area (Å²) < 4.78 is 8.88. The van der Waals surface area contributed by atoms with Crippen molar-refractivity contribution in [1.29, 1.82) is 0 Å². The zero-order valence-corrected chi connectivity index (χ0v) is 7.81. The molecule has 0 saturated carbocycles. The van der Waals surface area contributed by atoms with E-state index in [0.717, 1.165) is 0 Å². The Morgan fingerprint density at radius 3 is 1.29 bits per heavy atom. The molecule has 0 fully saturated rings. The molecule has 7 heteroatoms. The number of phosphoric acid groups is 1. The molecule has 0 aliphatic heterocycles. The van der Waals surface area contributed by atoms with Gasteiger partial charge in [-0.2, -0.15) is 0 Å². The van der Waals surface area contributed by atoms with Gasteiger partial charge in [0.05, 0.1) is 0 Å². The molecule has 0 aliphatic carbocycles. The summed E-state index contributed by atoms with van der Waals surface area (Å²) in [5.74, 6) is 0. The standard InChI is InChI=1S/Mg.H3O4P.H2Se.2H/c;1-5(2,3)4;;;/h;(H3,1,2,3,4);1H2;;/q+2;;;2*-1. The summed E-state index contributed by atoms with van der Waals surface area (Å²) in [4.78, 5) is 21.6. The van der Waals surface area contributed by atoms with Crippen LogP contribution in [0.5, 0.6) is 0 Å². The fourth-order valence-electron chi connectivity index (χ4n) is 0. The van der Waals surface area contributed by atoms with Gasteiger partial charge in [-0.3, -0.25) is 0 Å². The molecule has 0 unspecified atom stereocenters. The van der Waals surface area contributed by atoms with E-state index in [9.17, 15) is 0 Å². The van der Waals surface area contributed by atoms with Crippen molar-refractivity contribution in [3.63, 3.8) is 0 Å². The third kappa shape index (κ3) is 111. The van der Waals surface area contributed by atoms with Crippen LogP contribution in [0.4, 0.5) is 0 Å². The van der Waals surface area contributed by atoms with E-state index in [4.69, 9.17) is 19.2 Å². The Bertz CT molecular complexity index is 64.7. The number of hydrogen-bond donors (Lipinski definition) is 3. The molecule has 7 heavy (non-hydrogen) atoms. The van der Waals surface area contributed by atoms with Crippen molar-refractivity contribution in [3.05, 3.63) is 0 Å². The third-order valence-electron chi connectivity index (χ3n) is 0. The monoisotopic (exact) mass is 206 g/mol. The topological polar surface area (TPSA) is 77.8 Å². The average molecular weight is 205 g/mol. The van der Waals surface area contributed by atoms with Crippen LogP contribution in [-0.2, 0) is 4.57 Å². The fraction of sp³-hybridized carbons (Fsp3) is 0. The summed E-state index contributed by atoms with van der Waals surface area (Å²) in [7, 11) is -4.64. The van der Waals surface area contributed by atoms with Crippen LogP contribution >= 0.6 is 7.82 Å². The zero-order valence-electron chi connectivity index (χ0n) is 5.40. The summed E-state index contributed by atoms with van der Waals surface area (Å²) in [6, 6.07) is 0. The van der Waals surface area contributed by atoms with E-state index in [1.54, 1.807) is 0 Å². The Labute approximate surface area is 70.1 Å². The summed E-state index contributed by atoms with van der Waals surface area (Å²) in [5.41, 5.74) is 0. The van der Waals surface area contributed by atoms with E-state index >= 15 is 0 Å². The van der Waals surface area contributed by atoms with Crippen LogP contribution in [0.25, 0.3) is 0 Å². The van der Waals surface area contributed by atoms with E-state index in [-0.39, 0.29) is 43.0 Å². The first-order valence-electron chi connectivity index (χ1n) is 0.783. The molecule has 0 amide bonds. The Morgan fingerprint density at radius 2 is 1.29 bits per heavy atom. The maximum absolute atomic E-state index is 8.88. The van der Waals surface area contributed by atoms with Crippen molar-refractivity contribution in [2.45, 2.75) is 0 Å². The first kappa shape index (κ1) is 15.8. The molecule has 0 atom stereocenters. The summed E-state index contributed by atoms with van der Waals surface area (Å²) in [6.45, 7) is 0. The van der Waals surface area contributed by atoms with Crippen LogP contribution in [0, 0.1) is 0 Å². The first-order chi connectivity index (χ1) is 2.00. The van der Waals surface area contributed by atoms with Gasteiger partial charge in [-0.05, 0) is 0 Å². The van der Waals surface area contributed by atoms with Crippen LogP contribution in [0.2, 0.25) is 0 Å². The summed E-state index contributed by atoms with van der Waals surface area (Å²) in [6.07, 6.45) is 0. The van der Waals surface area contributed by atoms with Crippen LogP contribution in [0.1, 0.15) is 2.85 Å². The quantitative estimate of drug-likeness (QED) is 0.316. The molecule has 0 spiro atoms. The molecule has 0 rings (SSSR count). The molecule has 0 bridgehead atoms. The predicted molar refractivity (Wildman–Crippen MR) is 30.8 cm³/mol. The molecular formula is H7MgO4PSe. The van der Waals surface area contributed by atoms with Gasteiger partial charge in [0.25, 0.3) is 0 Å². The van der Waals surface area contributed by atoms with Gasteiger partial charge < -0.3 is 17.5 Å². The van der Waals surface area contributed by atoms with Crippen molar-refractivity contribution in [2.24, 2.45) is 0 Å². The van der Waals surface area contributed by atoms with E-state index in [2.05, 4.69) is 0 Å². The molecule has 0 aromatic heterocycles. The van der Waals surface area contributed by atoms with Gasteiger partial charge in [0, 0.05) is 0 Å². The van der Waals surface area contributed by atoms with Gasteiger partial charge in [0.1, 0.15) is 0 Å². The molecule has 0 aromatic carbocycles. The van der Waals surface area contributed by atoms with Gasteiger partial charge in [-0.25, -0.2) is 4.57 Å². The minimum absolute atomic E-state index is 0. The Hall–Kier alpha value is 1.40. The fourth-order valence-corrected chi connectivity index (χ4v) is 0. The molecule has 0 saturated heterocycles. The van der Waals surface area contributed by atoms with Crippen molar-refractivity contribution >= 4 is 47.9 Å². The normalized spacial score (nSPS) is 8.43. The SMILES string of the molecule is O=P(O)(O)O.[H-].[H-].[Mg+2].[SeH2]. The van der Waals surface area contributed by atoms with Gasteiger partial charge in [-0.1, -0.05) is 0 Å². The van der Waals surface area contributed by atoms with Crippen LogP contribution in [0.3, 0.4) is 0 Å². The molecular weight excluding hydrogens is 198 g/mol. The van der Waals surface area contributed by atoms with Gasteiger partial charge in [0.15, 0.2) is 0 Å². The van der Waals surface area contributed by atoms with Gasteiger partial charge in [0.2, 0.25) is 0 Å². The van der Waals surface area contributed by atoms with Crippen LogP contribution in [0.15, 0.2) is 0 Å². The van der Waals surface area contributed by atoms with Crippen molar-refractivity contribution in [1.82, 2.24) is 0 Å².